The van der Waals surface area contributed by atoms with Gasteiger partial charge in [-0.15, -0.1) is 0 Å². The van der Waals surface area contributed by atoms with E-state index in [1.165, 1.54) is 0 Å². The van der Waals surface area contributed by atoms with E-state index in [0.717, 1.165) is 59.3 Å². The van der Waals surface area contributed by atoms with Gasteiger partial charge in [0.25, 0.3) is 11.8 Å². The highest BCUT2D eigenvalue weighted by Gasteiger charge is 2.33. The minimum Gasteiger partial charge on any atom is -0.308 e. The predicted molar refractivity (Wildman–Crippen MR) is 121 cm³/mol. The van der Waals surface area contributed by atoms with E-state index >= 15 is 0 Å². The number of rotatable bonds is 7. The van der Waals surface area contributed by atoms with Crippen LogP contribution in [0.4, 0.5) is 0 Å². The van der Waals surface area contributed by atoms with Gasteiger partial charge in [0.05, 0.1) is 11.4 Å². The smallest absolute Gasteiger partial charge is 0.258 e. The Morgan fingerprint density at radius 3 is 1.37 bits per heavy atom. The molecule has 4 heteroatoms. The molecule has 2 aliphatic rings. The lowest BCUT2D eigenvalue weighted by Crippen LogP contribution is -2.25. The average molecular weight is 401 g/mol. The fourth-order valence-corrected chi connectivity index (χ4v) is 4.18. The predicted octanol–water partition coefficient (Wildman–Crippen LogP) is 5.58. The summed E-state index contributed by atoms with van der Waals surface area (Å²) < 4.78 is 0. The largest absolute Gasteiger partial charge is 0.308 e. The fraction of sp³-hybridized carbons (Fsp3) is 0.308. The Hall–Kier alpha value is -3.14. The number of amides is 2. The average Bonchev–Trinajstić information content (AvgIpc) is 3.20. The quantitative estimate of drug-likeness (QED) is 0.609. The van der Waals surface area contributed by atoms with Crippen LogP contribution in [0.2, 0.25) is 0 Å². The molecule has 154 valence electrons. The molecule has 0 aromatic heterocycles. The van der Waals surface area contributed by atoms with Gasteiger partial charge < -0.3 is 9.80 Å². The number of nitrogens with zero attached hydrogens (tertiary/aromatic N) is 2. The highest BCUT2D eigenvalue weighted by atomic mass is 16.2. The maximum atomic E-state index is 13.0. The fourth-order valence-electron chi connectivity index (χ4n) is 4.18. The van der Waals surface area contributed by atoms with Gasteiger partial charge in [-0.2, -0.15) is 0 Å². The van der Waals surface area contributed by atoms with Crippen LogP contribution in [0.15, 0.2) is 60.7 Å². The first-order chi connectivity index (χ1) is 14.7. The van der Waals surface area contributed by atoms with Crippen LogP contribution < -0.4 is 0 Å². The van der Waals surface area contributed by atoms with E-state index in [1.54, 1.807) is 0 Å². The van der Waals surface area contributed by atoms with Gasteiger partial charge in [0, 0.05) is 35.3 Å². The molecule has 2 heterocycles. The molecule has 0 saturated carbocycles. The van der Waals surface area contributed by atoms with E-state index in [0.29, 0.717) is 13.1 Å². The second-order valence-electron chi connectivity index (χ2n) is 7.82. The van der Waals surface area contributed by atoms with Gasteiger partial charge in [0.1, 0.15) is 0 Å². The molecule has 0 saturated heterocycles. The number of carbonyl (C=O) groups excluding carboxylic acids is 2. The van der Waals surface area contributed by atoms with Gasteiger partial charge in [-0.3, -0.25) is 9.59 Å². The van der Waals surface area contributed by atoms with E-state index in [1.807, 2.05) is 70.5 Å². The van der Waals surface area contributed by atoms with Crippen molar-refractivity contribution in [1.82, 2.24) is 9.80 Å². The van der Waals surface area contributed by atoms with Crippen LogP contribution in [0.3, 0.4) is 0 Å². The highest BCUT2D eigenvalue weighted by Crippen LogP contribution is 2.36. The molecule has 0 bridgehead atoms. The van der Waals surface area contributed by atoms with Crippen LogP contribution in [0, 0.1) is 0 Å². The summed E-state index contributed by atoms with van der Waals surface area (Å²) in [6.07, 6.45) is 8.00. The molecule has 30 heavy (non-hydrogen) atoms. The highest BCUT2D eigenvalue weighted by molar-refractivity contribution is 6.11. The van der Waals surface area contributed by atoms with Crippen LogP contribution in [0.25, 0.3) is 11.4 Å². The Labute approximate surface area is 178 Å². The van der Waals surface area contributed by atoms with E-state index in [-0.39, 0.29) is 11.8 Å². The number of allylic oxidation sites excluding steroid dienone is 2. The standard InChI is InChI=1S/C26H28N2O2/c1-3-5-17-27-23(19-11-7-9-13-21(19)25(27)29)15-16-24-20-12-8-10-14-22(20)26(30)28(24)18-6-4-2/h7-16H,3-6,17-18H2,1-2H3/b23-15-,24-16+. The molecule has 2 aromatic rings. The number of carbonyl (C=O) groups is 2. The Balaban J connectivity index is 1.78. The minimum atomic E-state index is 0.0643. The molecule has 0 fully saturated rings. The Morgan fingerprint density at radius 2 is 1.00 bits per heavy atom. The van der Waals surface area contributed by atoms with Crippen molar-refractivity contribution in [2.75, 3.05) is 13.1 Å². The lowest BCUT2D eigenvalue weighted by atomic mass is 10.1. The Bertz CT molecular complexity index is 951. The van der Waals surface area contributed by atoms with Gasteiger partial charge in [-0.1, -0.05) is 63.1 Å². The molecule has 0 radical (unpaired) electrons. The van der Waals surface area contributed by atoms with Gasteiger partial charge in [0.15, 0.2) is 0 Å². The SMILES string of the molecule is CCCCN1C(=O)c2ccccc2/C1=C/C=C1\c2ccccc2C(=O)N1CCCC. The number of unbranched alkanes of at least 4 members (excludes halogenated alkanes) is 2. The summed E-state index contributed by atoms with van der Waals surface area (Å²) in [6.45, 7) is 5.67. The second-order valence-corrected chi connectivity index (χ2v) is 7.82. The number of hydrogen-bond donors (Lipinski definition) is 0. The first-order valence-electron chi connectivity index (χ1n) is 10.9. The Kier molecular flexibility index (Phi) is 5.84. The zero-order valence-electron chi connectivity index (χ0n) is 17.7. The molecule has 4 nitrogen and oxygen atoms in total. The molecule has 0 spiro atoms. The van der Waals surface area contributed by atoms with Gasteiger partial charge in [-0.05, 0) is 37.1 Å². The number of fused-ring (bicyclic) bond motifs is 2. The maximum absolute atomic E-state index is 13.0. The third-order valence-corrected chi connectivity index (χ3v) is 5.81. The minimum absolute atomic E-state index is 0.0643. The lowest BCUT2D eigenvalue weighted by molar-refractivity contribution is 0.0840. The van der Waals surface area contributed by atoms with Crippen LogP contribution >= 0.6 is 0 Å². The van der Waals surface area contributed by atoms with Gasteiger partial charge in [0.2, 0.25) is 0 Å². The molecular formula is C26H28N2O2. The summed E-state index contributed by atoms with van der Waals surface area (Å²) in [4.78, 5) is 29.7. The summed E-state index contributed by atoms with van der Waals surface area (Å²) in [6, 6.07) is 15.6. The molecule has 2 aromatic carbocycles. The molecule has 2 amide bonds. The van der Waals surface area contributed by atoms with Gasteiger partial charge >= 0.3 is 0 Å². The molecular weight excluding hydrogens is 372 g/mol. The molecule has 0 aliphatic carbocycles. The maximum Gasteiger partial charge on any atom is 0.258 e. The van der Waals surface area contributed by atoms with Crippen molar-refractivity contribution in [1.29, 1.82) is 0 Å². The molecule has 4 rings (SSSR count). The second kappa shape index (κ2) is 8.70. The van der Waals surface area contributed by atoms with Crippen molar-refractivity contribution < 1.29 is 9.59 Å². The zero-order valence-corrected chi connectivity index (χ0v) is 17.7. The van der Waals surface area contributed by atoms with Crippen molar-refractivity contribution in [3.05, 3.63) is 82.9 Å². The Morgan fingerprint density at radius 1 is 0.633 bits per heavy atom. The molecule has 2 aliphatic heterocycles. The van der Waals surface area contributed by atoms with Crippen molar-refractivity contribution in [3.63, 3.8) is 0 Å². The topological polar surface area (TPSA) is 40.6 Å². The number of benzene rings is 2. The summed E-state index contributed by atoms with van der Waals surface area (Å²) in [5.74, 6) is 0.129. The van der Waals surface area contributed by atoms with Crippen LogP contribution in [0.5, 0.6) is 0 Å². The zero-order chi connectivity index (χ0) is 21.1. The van der Waals surface area contributed by atoms with Crippen molar-refractivity contribution in [3.8, 4) is 0 Å². The van der Waals surface area contributed by atoms with Crippen LogP contribution in [-0.2, 0) is 0 Å². The summed E-state index contributed by atoms with van der Waals surface area (Å²) in [5.41, 5.74) is 5.28. The lowest BCUT2D eigenvalue weighted by Gasteiger charge is -2.19. The summed E-state index contributed by atoms with van der Waals surface area (Å²) in [5, 5.41) is 0. The van der Waals surface area contributed by atoms with Crippen LogP contribution in [-0.4, -0.2) is 34.7 Å². The van der Waals surface area contributed by atoms with Crippen molar-refractivity contribution >= 4 is 23.2 Å². The molecule has 0 unspecified atom stereocenters. The summed E-state index contributed by atoms with van der Waals surface area (Å²) in [7, 11) is 0. The monoisotopic (exact) mass is 400 g/mol. The van der Waals surface area contributed by atoms with Crippen LogP contribution in [0.1, 0.15) is 71.4 Å². The van der Waals surface area contributed by atoms with E-state index in [9.17, 15) is 9.59 Å². The van der Waals surface area contributed by atoms with E-state index in [4.69, 9.17) is 0 Å². The number of hydrogen-bond acceptors (Lipinski definition) is 2. The van der Waals surface area contributed by atoms with Crippen molar-refractivity contribution in [2.24, 2.45) is 0 Å². The van der Waals surface area contributed by atoms with E-state index in [2.05, 4.69) is 13.8 Å². The summed E-state index contributed by atoms with van der Waals surface area (Å²) >= 11 is 0. The first kappa shape index (κ1) is 20.1. The first-order valence-corrected chi connectivity index (χ1v) is 10.9. The third-order valence-electron chi connectivity index (χ3n) is 5.81. The van der Waals surface area contributed by atoms with E-state index < -0.39 is 0 Å². The van der Waals surface area contributed by atoms with Gasteiger partial charge in [-0.25, -0.2) is 0 Å². The third kappa shape index (κ3) is 3.47. The normalized spacial score (nSPS) is 17.9. The van der Waals surface area contributed by atoms with Crippen molar-refractivity contribution in [2.45, 2.75) is 39.5 Å². The molecule has 0 atom stereocenters. The molecule has 0 N–H and O–H groups in total.